The van der Waals surface area contributed by atoms with Gasteiger partial charge in [-0.15, -0.1) is 0 Å². The van der Waals surface area contributed by atoms with Crippen LogP contribution in [0.5, 0.6) is 0 Å². The summed E-state index contributed by atoms with van der Waals surface area (Å²) >= 11 is 0. The second kappa shape index (κ2) is 14.8. The lowest BCUT2D eigenvalue weighted by Crippen LogP contribution is -2.41. The predicted molar refractivity (Wildman–Crippen MR) is 109 cm³/mol. The number of amides is 1. The Morgan fingerprint density at radius 3 is 2.00 bits per heavy atom. The van der Waals surface area contributed by atoms with Gasteiger partial charge in [-0.3, -0.25) is 4.79 Å². The number of carbonyl (C=O) groups excluding carboxylic acids is 2. The van der Waals surface area contributed by atoms with Crippen molar-refractivity contribution in [2.45, 2.75) is 91.4 Å². The van der Waals surface area contributed by atoms with Crippen molar-refractivity contribution in [2.24, 2.45) is 11.8 Å². The van der Waals surface area contributed by atoms with Crippen molar-refractivity contribution in [1.82, 2.24) is 4.90 Å². The minimum atomic E-state index is -0.259. The summed E-state index contributed by atoms with van der Waals surface area (Å²) in [6.45, 7) is 8.41. The lowest BCUT2D eigenvalue weighted by atomic mass is 9.97. The maximum absolute atomic E-state index is 12.2. The Labute approximate surface area is 166 Å². The normalized spacial score (nSPS) is 15.2. The predicted octanol–water partition coefficient (Wildman–Crippen LogP) is 5.57. The van der Waals surface area contributed by atoms with Crippen LogP contribution in [0.2, 0.25) is 0 Å². The zero-order valence-electron chi connectivity index (χ0n) is 17.8. The molecule has 0 aromatic rings. The van der Waals surface area contributed by atoms with Crippen LogP contribution in [0.3, 0.4) is 0 Å². The number of esters is 1. The van der Waals surface area contributed by atoms with E-state index in [0.29, 0.717) is 45.1 Å². The maximum atomic E-state index is 12.2. The van der Waals surface area contributed by atoms with Gasteiger partial charge in [-0.2, -0.15) is 0 Å². The van der Waals surface area contributed by atoms with E-state index in [0.717, 1.165) is 12.8 Å². The van der Waals surface area contributed by atoms with E-state index in [2.05, 4.69) is 6.92 Å². The molecular formula is C22H41NO4. The van der Waals surface area contributed by atoms with Crippen LogP contribution >= 0.6 is 0 Å². The Balaban J connectivity index is 2.01. The van der Waals surface area contributed by atoms with E-state index in [4.69, 9.17) is 9.47 Å². The molecule has 1 heterocycles. The van der Waals surface area contributed by atoms with Crippen LogP contribution < -0.4 is 0 Å². The van der Waals surface area contributed by atoms with Crippen molar-refractivity contribution >= 4 is 12.1 Å². The highest BCUT2D eigenvalue weighted by Gasteiger charge is 2.29. The van der Waals surface area contributed by atoms with Gasteiger partial charge in [0.15, 0.2) is 0 Å². The van der Waals surface area contributed by atoms with Gasteiger partial charge in [0.2, 0.25) is 0 Å². The third kappa shape index (κ3) is 11.2. The number of unbranched alkanes of at least 4 members (excludes halogenated alkanes) is 8. The number of piperidine rings is 1. The molecule has 27 heavy (non-hydrogen) atoms. The zero-order valence-corrected chi connectivity index (χ0v) is 17.8. The van der Waals surface area contributed by atoms with Gasteiger partial charge in [0, 0.05) is 13.1 Å². The first-order valence-corrected chi connectivity index (χ1v) is 11.1. The molecule has 0 spiro atoms. The first-order chi connectivity index (χ1) is 13.0. The van der Waals surface area contributed by atoms with E-state index < -0.39 is 0 Å². The number of hydrogen-bond acceptors (Lipinski definition) is 4. The van der Waals surface area contributed by atoms with Gasteiger partial charge in [-0.25, -0.2) is 4.79 Å². The number of nitrogens with zero attached hydrogens (tertiary/aromatic N) is 1. The molecule has 0 aromatic heterocycles. The van der Waals surface area contributed by atoms with E-state index in [1.54, 1.807) is 4.90 Å². The fourth-order valence-corrected chi connectivity index (χ4v) is 3.33. The topological polar surface area (TPSA) is 55.8 Å². The Kier molecular flexibility index (Phi) is 13.0. The number of hydrogen-bond donors (Lipinski definition) is 0. The number of rotatable bonds is 13. The molecule has 1 fully saturated rings. The molecule has 0 aliphatic carbocycles. The fourth-order valence-electron chi connectivity index (χ4n) is 3.33. The fraction of sp³-hybridized carbons (Fsp3) is 0.909. The van der Waals surface area contributed by atoms with Crippen LogP contribution in [0.4, 0.5) is 4.79 Å². The maximum Gasteiger partial charge on any atom is 0.409 e. The number of ether oxygens (including phenoxy) is 2. The summed E-state index contributed by atoms with van der Waals surface area (Å²) in [4.78, 5) is 25.8. The molecule has 1 amide bonds. The van der Waals surface area contributed by atoms with Crippen molar-refractivity contribution < 1.29 is 19.1 Å². The Morgan fingerprint density at radius 2 is 1.44 bits per heavy atom. The molecule has 1 aliphatic heterocycles. The van der Waals surface area contributed by atoms with E-state index in [9.17, 15) is 9.59 Å². The summed E-state index contributed by atoms with van der Waals surface area (Å²) in [6.07, 6.45) is 12.4. The summed E-state index contributed by atoms with van der Waals surface area (Å²) in [5.41, 5.74) is 0. The van der Waals surface area contributed by atoms with E-state index in [1.165, 1.54) is 44.9 Å². The van der Waals surface area contributed by atoms with Crippen LogP contribution in [0.1, 0.15) is 91.4 Å². The first kappa shape index (κ1) is 23.8. The number of carbonyl (C=O) groups is 2. The monoisotopic (exact) mass is 383 g/mol. The van der Waals surface area contributed by atoms with Crippen LogP contribution in [-0.2, 0) is 14.3 Å². The molecule has 0 N–H and O–H groups in total. The smallest absolute Gasteiger partial charge is 0.409 e. The molecule has 0 atom stereocenters. The molecule has 0 saturated carbocycles. The molecule has 5 nitrogen and oxygen atoms in total. The molecule has 0 unspecified atom stereocenters. The quantitative estimate of drug-likeness (QED) is 0.308. The van der Waals surface area contributed by atoms with Crippen LogP contribution in [0.25, 0.3) is 0 Å². The minimum Gasteiger partial charge on any atom is -0.465 e. The van der Waals surface area contributed by atoms with Crippen LogP contribution in [0, 0.1) is 11.8 Å². The van der Waals surface area contributed by atoms with E-state index in [1.807, 2.05) is 13.8 Å². The molecule has 0 bridgehead atoms. The Hall–Kier alpha value is -1.26. The van der Waals surface area contributed by atoms with Gasteiger partial charge < -0.3 is 14.4 Å². The molecule has 158 valence electrons. The standard InChI is InChI=1S/C22H41NO4/c1-4-5-6-7-8-9-10-11-12-17-26-21(24)20-13-15-23(16-14-20)22(25)27-18-19(2)3/h19-20H,4-18H2,1-3H3. The van der Waals surface area contributed by atoms with Gasteiger partial charge >= 0.3 is 12.1 Å². The highest BCUT2D eigenvalue weighted by molar-refractivity contribution is 5.73. The lowest BCUT2D eigenvalue weighted by molar-refractivity contribution is -0.150. The van der Waals surface area contributed by atoms with Crippen LogP contribution in [-0.4, -0.2) is 43.3 Å². The van der Waals surface area contributed by atoms with E-state index in [-0.39, 0.29) is 18.0 Å². The summed E-state index contributed by atoms with van der Waals surface area (Å²) in [6, 6.07) is 0. The highest BCUT2D eigenvalue weighted by Crippen LogP contribution is 2.20. The second-order valence-corrected chi connectivity index (χ2v) is 8.23. The van der Waals surface area contributed by atoms with Crippen LogP contribution in [0.15, 0.2) is 0 Å². The van der Waals surface area contributed by atoms with Crippen molar-refractivity contribution in [3.63, 3.8) is 0 Å². The van der Waals surface area contributed by atoms with E-state index >= 15 is 0 Å². The molecular weight excluding hydrogens is 342 g/mol. The Morgan fingerprint density at radius 1 is 0.889 bits per heavy atom. The summed E-state index contributed by atoms with van der Waals surface area (Å²) < 4.78 is 10.7. The average Bonchev–Trinajstić information content (AvgIpc) is 2.67. The summed E-state index contributed by atoms with van der Waals surface area (Å²) in [5.74, 6) is 0.171. The SMILES string of the molecule is CCCCCCCCCCCOC(=O)C1CCN(C(=O)OCC(C)C)CC1. The molecule has 1 saturated heterocycles. The van der Waals surface area contributed by atoms with Gasteiger partial charge in [0.1, 0.15) is 0 Å². The van der Waals surface area contributed by atoms with Crippen molar-refractivity contribution in [3.8, 4) is 0 Å². The summed E-state index contributed by atoms with van der Waals surface area (Å²) in [7, 11) is 0. The van der Waals surface area contributed by atoms with Gasteiger partial charge in [-0.1, -0.05) is 72.1 Å². The van der Waals surface area contributed by atoms with Gasteiger partial charge in [0.25, 0.3) is 0 Å². The zero-order chi connectivity index (χ0) is 19.9. The third-order valence-electron chi connectivity index (χ3n) is 5.12. The average molecular weight is 384 g/mol. The first-order valence-electron chi connectivity index (χ1n) is 11.1. The Bertz CT molecular complexity index is 403. The molecule has 0 radical (unpaired) electrons. The molecule has 0 aromatic carbocycles. The van der Waals surface area contributed by atoms with Crippen molar-refractivity contribution in [3.05, 3.63) is 0 Å². The molecule has 1 rings (SSSR count). The minimum absolute atomic E-state index is 0.0716. The van der Waals surface area contributed by atoms with Crippen molar-refractivity contribution in [1.29, 1.82) is 0 Å². The lowest BCUT2D eigenvalue weighted by Gasteiger charge is -2.30. The van der Waals surface area contributed by atoms with Gasteiger partial charge in [0.05, 0.1) is 19.1 Å². The summed E-state index contributed by atoms with van der Waals surface area (Å²) in [5, 5.41) is 0. The largest absolute Gasteiger partial charge is 0.465 e. The number of likely N-dealkylation sites (tertiary alicyclic amines) is 1. The van der Waals surface area contributed by atoms with Crippen molar-refractivity contribution in [2.75, 3.05) is 26.3 Å². The van der Waals surface area contributed by atoms with Gasteiger partial charge in [-0.05, 0) is 25.2 Å². The molecule has 1 aliphatic rings. The third-order valence-corrected chi connectivity index (χ3v) is 5.12. The highest BCUT2D eigenvalue weighted by atomic mass is 16.6. The second-order valence-electron chi connectivity index (χ2n) is 8.23. The molecule has 5 heteroatoms.